The smallest absolute Gasteiger partial charge is 0.241 e. The monoisotopic (exact) mass is 269 g/mol. The number of allylic oxidation sites excluding steroid dienone is 2. The van der Waals surface area contributed by atoms with Crippen LogP contribution in [0.2, 0.25) is 0 Å². The number of carbonyl (C=O) groups is 2. The minimum Gasteiger partial charge on any atom is -0.506 e. The molecule has 2 fully saturated rings. The summed E-state index contributed by atoms with van der Waals surface area (Å²) in [5.41, 5.74) is -0.337. The minimum atomic E-state index is -0.640. The predicted octanol–water partition coefficient (Wildman–Crippen LogP) is 2.09. The number of anilines is 1. The number of imide groups is 1. The summed E-state index contributed by atoms with van der Waals surface area (Å²) >= 11 is 0. The van der Waals surface area contributed by atoms with Gasteiger partial charge in [-0.05, 0) is 37.3 Å². The predicted molar refractivity (Wildman–Crippen MR) is 72.9 cm³/mol. The quantitative estimate of drug-likeness (QED) is 0.627. The van der Waals surface area contributed by atoms with Gasteiger partial charge in [0.1, 0.15) is 5.75 Å². The van der Waals surface area contributed by atoms with E-state index in [2.05, 4.69) is 12.2 Å². The lowest BCUT2D eigenvalue weighted by atomic mass is 9.71. The Morgan fingerprint density at radius 1 is 1.25 bits per heavy atom. The van der Waals surface area contributed by atoms with Gasteiger partial charge in [0.2, 0.25) is 11.8 Å². The Labute approximate surface area is 116 Å². The van der Waals surface area contributed by atoms with E-state index in [4.69, 9.17) is 0 Å². The fourth-order valence-electron chi connectivity index (χ4n) is 4.19. The molecule has 1 heterocycles. The van der Waals surface area contributed by atoms with Crippen LogP contribution in [0.15, 0.2) is 36.4 Å². The van der Waals surface area contributed by atoms with Crippen LogP contribution in [0.1, 0.15) is 13.3 Å². The molecule has 20 heavy (non-hydrogen) atoms. The van der Waals surface area contributed by atoms with Gasteiger partial charge in [0.25, 0.3) is 0 Å². The summed E-state index contributed by atoms with van der Waals surface area (Å²) in [6.45, 7) is 1.89. The van der Waals surface area contributed by atoms with E-state index in [0.717, 1.165) is 6.42 Å². The van der Waals surface area contributed by atoms with Gasteiger partial charge in [0.15, 0.2) is 0 Å². The standard InChI is InChI=1S/C16H15NO3/c1-16-10-7-6-9(8-10)13(16)14(19)17(15(16)20)11-4-2-3-5-12(11)18/h2-7,9-10,13,18H,8H2,1H3/t9-,10-,13+,16-/m0/s1. The molecule has 4 rings (SSSR count). The number of para-hydroxylation sites is 2. The van der Waals surface area contributed by atoms with Gasteiger partial charge in [0.05, 0.1) is 17.0 Å². The molecule has 0 radical (unpaired) electrons. The van der Waals surface area contributed by atoms with E-state index < -0.39 is 5.41 Å². The lowest BCUT2D eigenvalue weighted by molar-refractivity contribution is -0.127. The number of phenolic OH excluding ortho intramolecular Hbond substituents is 1. The molecule has 1 saturated heterocycles. The molecule has 1 N–H and O–H groups in total. The molecule has 1 saturated carbocycles. The number of fused-ring (bicyclic) bond motifs is 5. The second-order valence-electron chi connectivity index (χ2n) is 6.12. The highest BCUT2D eigenvalue weighted by atomic mass is 16.3. The van der Waals surface area contributed by atoms with E-state index in [1.165, 1.54) is 11.0 Å². The number of benzene rings is 1. The molecule has 0 aromatic heterocycles. The third kappa shape index (κ3) is 1.13. The summed E-state index contributed by atoms with van der Waals surface area (Å²) in [6, 6.07) is 6.51. The van der Waals surface area contributed by atoms with Gasteiger partial charge in [-0.25, -0.2) is 4.90 Å². The maximum atomic E-state index is 12.8. The van der Waals surface area contributed by atoms with E-state index >= 15 is 0 Å². The van der Waals surface area contributed by atoms with Crippen LogP contribution >= 0.6 is 0 Å². The van der Waals surface area contributed by atoms with E-state index in [-0.39, 0.29) is 35.3 Å². The second kappa shape index (κ2) is 3.51. The number of nitrogens with zero attached hydrogens (tertiary/aromatic N) is 1. The molecule has 0 spiro atoms. The molecule has 3 aliphatic rings. The normalized spacial score (nSPS) is 37.9. The summed E-state index contributed by atoms with van der Waals surface area (Å²) in [5.74, 6) is -0.341. The molecule has 1 aliphatic heterocycles. The topological polar surface area (TPSA) is 57.6 Å². The van der Waals surface area contributed by atoms with Crippen LogP contribution in [-0.2, 0) is 9.59 Å². The zero-order valence-corrected chi connectivity index (χ0v) is 11.1. The first-order chi connectivity index (χ1) is 9.55. The van der Waals surface area contributed by atoms with Gasteiger partial charge in [-0.3, -0.25) is 9.59 Å². The number of amides is 2. The van der Waals surface area contributed by atoms with Crippen LogP contribution in [0.25, 0.3) is 0 Å². The van der Waals surface area contributed by atoms with Crippen molar-refractivity contribution in [2.75, 3.05) is 4.90 Å². The lowest BCUT2D eigenvalue weighted by Crippen LogP contribution is -2.37. The SMILES string of the molecule is C[C@@]12C(=O)N(c3ccccc3O)C(=O)[C@H]1[C@H]1C=C[C@H]2C1. The first-order valence-corrected chi connectivity index (χ1v) is 6.90. The van der Waals surface area contributed by atoms with E-state index in [9.17, 15) is 14.7 Å². The largest absolute Gasteiger partial charge is 0.506 e. The minimum absolute atomic E-state index is 0.0296. The van der Waals surface area contributed by atoms with Crippen LogP contribution < -0.4 is 4.90 Å². The molecule has 2 bridgehead atoms. The first kappa shape index (κ1) is 11.7. The van der Waals surface area contributed by atoms with E-state index in [0.29, 0.717) is 5.69 Å². The van der Waals surface area contributed by atoms with Gasteiger partial charge in [-0.2, -0.15) is 0 Å². The average molecular weight is 269 g/mol. The Balaban J connectivity index is 1.85. The van der Waals surface area contributed by atoms with Crippen molar-refractivity contribution < 1.29 is 14.7 Å². The number of carbonyl (C=O) groups excluding carboxylic acids is 2. The molecule has 2 amide bonds. The van der Waals surface area contributed by atoms with Crippen LogP contribution in [-0.4, -0.2) is 16.9 Å². The van der Waals surface area contributed by atoms with Crippen molar-refractivity contribution >= 4 is 17.5 Å². The van der Waals surface area contributed by atoms with E-state index in [1.54, 1.807) is 18.2 Å². The zero-order chi connectivity index (χ0) is 14.1. The molecule has 2 aliphatic carbocycles. The zero-order valence-electron chi connectivity index (χ0n) is 11.1. The highest BCUT2D eigenvalue weighted by molar-refractivity contribution is 6.25. The van der Waals surface area contributed by atoms with Crippen LogP contribution in [0.5, 0.6) is 5.75 Å². The summed E-state index contributed by atoms with van der Waals surface area (Å²) in [5, 5.41) is 9.94. The fraction of sp³-hybridized carbons (Fsp3) is 0.375. The summed E-state index contributed by atoms with van der Waals surface area (Å²) in [4.78, 5) is 26.7. The van der Waals surface area contributed by atoms with Crippen molar-refractivity contribution in [3.63, 3.8) is 0 Å². The third-order valence-corrected chi connectivity index (χ3v) is 5.23. The molecule has 4 heteroatoms. The number of hydrogen-bond donors (Lipinski definition) is 1. The third-order valence-electron chi connectivity index (χ3n) is 5.23. The molecule has 1 aromatic rings. The Morgan fingerprint density at radius 2 is 2.00 bits per heavy atom. The molecule has 0 unspecified atom stereocenters. The molecular formula is C16H15NO3. The van der Waals surface area contributed by atoms with Gasteiger partial charge in [-0.15, -0.1) is 0 Å². The molecule has 4 nitrogen and oxygen atoms in total. The van der Waals surface area contributed by atoms with Gasteiger partial charge >= 0.3 is 0 Å². The lowest BCUT2D eigenvalue weighted by Gasteiger charge is -2.28. The Morgan fingerprint density at radius 3 is 2.70 bits per heavy atom. The first-order valence-electron chi connectivity index (χ1n) is 6.90. The average Bonchev–Trinajstić information content (AvgIpc) is 3.05. The number of rotatable bonds is 1. The Bertz CT molecular complexity index is 665. The van der Waals surface area contributed by atoms with Crippen LogP contribution in [0.3, 0.4) is 0 Å². The molecule has 102 valence electrons. The number of hydrogen-bond acceptors (Lipinski definition) is 3. The van der Waals surface area contributed by atoms with Crippen LogP contribution in [0.4, 0.5) is 5.69 Å². The van der Waals surface area contributed by atoms with Gasteiger partial charge in [0, 0.05) is 0 Å². The van der Waals surface area contributed by atoms with Crippen molar-refractivity contribution in [2.45, 2.75) is 13.3 Å². The maximum absolute atomic E-state index is 12.8. The van der Waals surface area contributed by atoms with E-state index in [1.807, 2.05) is 6.92 Å². The summed E-state index contributed by atoms with van der Waals surface area (Å²) < 4.78 is 0. The number of phenols is 1. The highest BCUT2D eigenvalue weighted by Gasteiger charge is 2.67. The van der Waals surface area contributed by atoms with Gasteiger partial charge < -0.3 is 5.11 Å². The van der Waals surface area contributed by atoms with Crippen LogP contribution in [0, 0.1) is 23.2 Å². The number of aromatic hydroxyl groups is 1. The van der Waals surface area contributed by atoms with Crippen molar-refractivity contribution in [3.8, 4) is 5.75 Å². The molecule has 1 aromatic carbocycles. The Kier molecular flexibility index (Phi) is 2.05. The van der Waals surface area contributed by atoms with Crippen molar-refractivity contribution in [3.05, 3.63) is 36.4 Å². The van der Waals surface area contributed by atoms with Crippen molar-refractivity contribution in [1.29, 1.82) is 0 Å². The molecule has 4 atom stereocenters. The second-order valence-corrected chi connectivity index (χ2v) is 6.12. The maximum Gasteiger partial charge on any atom is 0.241 e. The van der Waals surface area contributed by atoms with Gasteiger partial charge in [-0.1, -0.05) is 24.3 Å². The summed E-state index contributed by atoms with van der Waals surface area (Å²) in [6.07, 6.45) is 5.03. The fourth-order valence-corrected chi connectivity index (χ4v) is 4.19. The van der Waals surface area contributed by atoms with Crippen molar-refractivity contribution in [2.24, 2.45) is 23.2 Å². The molecular weight excluding hydrogens is 254 g/mol. The Hall–Kier alpha value is -2.10. The summed E-state index contributed by atoms with van der Waals surface area (Å²) in [7, 11) is 0. The van der Waals surface area contributed by atoms with Crippen molar-refractivity contribution in [1.82, 2.24) is 0 Å². The highest BCUT2D eigenvalue weighted by Crippen LogP contribution is 2.61.